The van der Waals surface area contributed by atoms with Crippen LogP contribution in [0, 0.1) is 11.6 Å². The molecule has 1 aromatic carbocycles. The number of hydrogen-bond acceptors (Lipinski definition) is 6. The molecule has 3 heterocycles. The van der Waals surface area contributed by atoms with Gasteiger partial charge in [0, 0.05) is 18.8 Å². The molecule has 1 aliphatic rings. The molecule has 3 aromatic heterocycles. The average molecular weight is 619 g/mol. The van der Waals surface area contributed by atoms with Gasteiger partial charge >= 0.3 is 12.4 Å². The predicted molar refractivity (Wildman–Crippen MR) is 144 cm³/mol. The van der Waals surface area contributed by atoms with Gasteiger partial charge in [-0.15, -0.1) is 0 Å². The number of alkyl halides is 6. The summed E-state index contributed by atoms with van der Waals surface area (Å²) in [5.41, 5.74) is 4.21. The Morgan fingerprint density at radius 3 is 1.91 bits per heavy atom. The summed E-state index contributed by atoms with van der Waals surface area (Å²) in [5.74, 6) is -3.63. The zero-order valence-corrected chi connectivity index (χ0v) is 22.5. The molecule has 4 aromatic rings. The van der Waals surface area contributed by atoms with Gasteiger partial charge in [0.05, 0.1) is 28.5 Å². The standard InChI is InChI=1S/C16H10F5N3O.C6H12.C5H4F3N3O/c1-24-5-4-7-6-8(12(17)13(18)11(7)15(24)25)10-3-2-9(14(22)23-10)16(19,20)21;1-2-4-6-5-3-1;6-5(7,8)3-2(9)1-10-11-4(3)12/h2-6H,1H3,(H2,22,23);1-6H2;1H,(H3,9,11,12). The van der Waals surface area contributed by atoms with Crippen molar-refractivity contribution in [2.24, 2.45) is 7.05 Å². The normalized spacial score (nSPS) is 13.5. The lowest BCUT2D eigenvalue weighted by Crippen LogP contribution is -2.24. The number of anilines is 2. The molecule has 0 amide bonds. The van der Waals surface area contributed by atoms with Crippen molar-refractivity contribution < 1.29 is 35.1 Å². The molecule has 8 nitrogen and oxygen atoms in total. The Morgan fingerprint density at radius 2 is 1.44 bits per heavy atom. The first-order valence-electron chi connectivity index (χ1n) is 12.8. The van der Waals surface area contributed by atoms with Gasteiger partial charge in [0.2, 0.25) is 0 Å². The number of benzene rings is 1. The van der Waals surface area contributed by atoms with Gasteiger partial charge in [-0.2, -0.15) is 31.4 Å². The van der Waals surface area contributed by atoms with E-state index < -0.39 is 68.7 Å². The van der Waals surface area contributed by atoms with Crippen LogP contribution in [0.5, 0.6) is 0 Å². The van der Waals surface area contributed by atoms with Crippen molar-refractivity contribution in [1.29, 1.82) is 0 Å². The van der Waals surface area contributed by atoms with Gasteiger partial charge in [0.1, 0.15) is 11.4 Å². The van der Waals surface area contributed by atoms with Crippen molar-refractivity contribution in [2.45, 2.75) is 50.9 Å². The van der Waals surface area contributed by atoms with Gasteiger partial charge in [-0.05, 0) is 29.7 Å². The Labute approximate surface area is 238 Å². The summed E-state index contributed by atoms with van der Waals surface area (Å²) in [5, 5.41) is 4.38. The van der Waals surface area contributed by atoms with E-state index >= 15 is 0 Å². The maximum atomic E-state index is 14.4. The number of aromatic amines is 1. The third-order valence-electron chi connectivity index (χ3n) is 6.42. The van der Waals surface area contributed by atoms with Crippen molar-refractivity contribution in [3.63, 3.8) is 0 Å². The summed E-state index contributed by atoms with van der Waals surface area (Å²) in [6, 6.07) is 4.06. The molecule has 0 spiro atoms. The minimum Gasteiger partial charge on any atom is -0.397 e. The molecule has 1 fully saturated rings. The Bertz CT molecular complexity index is 1700. The number of aromatic nitrogens is 4. The fraction of sp³-hybridized carbons (Fsp3) is 0.333. The number of rotatable bonds is 1. The quantitative estimate of drug-likeness (QED) is 0.218. The fourth-order valence-corrected chi connectivity index (χ4v) is 4.25. The average Bonchev–Trinajstić information content (AvgIpc) is 2.92. The number of aryl methyl sites for hydroxylation is 1. The number of hydrogen-bond donors (Lipinski definition) is 3. The van der Waals surface area contributed by atoms with Crippen LogP contribution in [-0.4, -0.2) is 19.7 Å². The number of fused-ring (bicyclic) bond motifs is 1. The smallest absolute Gasteiger partial charge is 0.397 e. The highest BCUT2D eigenvalue weighted by Crippen LogP contribution is 2.35. The number of nitrogens with one attached hydrogen (secondary N) is 1. The van der Waals surface area contributed by atoms with E-state index in [-0.39, 0.29) is 11.1 Å². The number of nitrogens with zero attached hydrogens (tertiary/aromatic N) is 3. The van der Waals surface area contributed by atoms with Gasteiger partial charge in [0.25, 0.3) is 11.1 Å². The Balaban J connectivity index is 0.000000231. The highest BCUT2D eigenvalue weighted by Gasteiger charge is 2.36. The van der Waals surface area contributed by atoms with Crippen LogP contribution >= 0.6 is 0 Å². The zero-order chi connectivity index (χ0) is 32.1. The van der Waals surface area contributed by atoms with Gasteiger partial charge in [-0.1, -0.05) is 38.5 Å². The van der Waals surface area contributed by atoms with Crippen LogP contribution in [0.2, 0.25) is 0 Å². The first-order valence-corrected chi connectivity index (χ1v) is 12.8. The molecule has 43 heavy (non-hydrogen) atoms. The highest BCUT2D eigenvalue weighted by atomic mass is 19.4. The summed E-state index contributed by atoms with van der Waals surface area (Å²) in [6.45, 7) is 0. The highest BCUT2D eigenvalue weighted by molar-refractivity contribution is 5.87. The Hall–Kier alpha value is -4.50. The number of nitrogens with two attached hydrogens (primary N) is 2. The van der Waals surface area contributed by atoms with Crippen LogP contribution in [0.1, 0.15) is 49.7 Å². The molecule has 232 valence electrons. The molecule has 0 saturated heterocycles. The fourth-order valence-electron chi connectivity index (χ4n) is 4.25. The van der Waals surface area contributed by atoms with Crippen molar-refractivity contribution in [1.82, 2.24) is 19.7 Å². The molecule has 0 bridgehead atoms. The molecule has 16 heteroatoms. The first-order chi connectivity index (χ1) is 20.0. The topological polar surface area (TPSA) is 133 Å². The second kappa shape index (κ2) is 13.2. The summed E-state index contributed by atoms with van der Waals surface area (Å²) < 4.78 is 104. The molecule has 0 radical (unpaired) electrons. The molecular weight excluding hydrogens is 592 g/mol. The van der Waals surface area contributed by atoms with Crippen LogP contribution in [0.3, 0.4) is 0 Å². The third kappa shape index (κ3) is 7.87. The molecular formula is C27H26F8N6O2. The third-order valence-corrected chi connectivity index (χ3v) is 6.42. The molecule has 0 unspecified atom stereocenters. The first kappa shape index (κ1) is 33.0. The van der Waals surface area contributed by atoms with Gasteiger partial charge < -0.3 is 16.0 Å². The van der Waals surface area contributed by atoms with Crippen molar-refractivity contribution >= 4 is 22.3 Å². The van der Waals surface area contributed by atoms with E-state index in [4.69, 9.17) is 11.5 Å². The SMILES string of the molecule is C1CCCCC1.Cn1ccc2cc(-c3ccc(C(F)(F)F)c(N)n3)c(F)c(F)c2c1=O.Nc1cn[nH]c(=O)c1C(F)(F)F. The maximum absolute atomic E-state index is 14.4. The largest absolute Gasteiger partial charge is 0.423 e. The molecule has 0 atom stereocenters. The molecule has 1 saturated carbocycles. The lowest BCUT2D eigenvalue weighted by molar-refractivity contribution is -0.138. The van der Waals surface area contributed by atoms with E-state index in [2.05, 4.69) is 10.1 Å². The lowest BCUT2D eigenvalue weighted by atomic mass is 10.0. The van der Waals surface area contributed by atoms with Crippen LogP contribution in [0.15, 0.2) is 46.2 Å². The van der Waals surface area contributed by atoms with Crippen LogP contribution in [0.25, 0.3) is 22.0 Å². The number of nitrogen functional groups attached to an aromatic ring is 2. The van der Waals surface area contributed by atoms with Crippen molar-refractivity contribution in [3.8, 4) is 11.3 Å². The Kier molecular flexibility index (Phi) is 10.1. The minimum absolute atomic E-state index is 0.0947. The van der Waals surface area contributed by atoms with Gasteiger partial charge in [-0.3, -0.25) is 9.59 Å². The number of H-pyrrole nitrogens is 1. The van der Waals surface area contributed by atoms with E-state index in [0.29, 0.717) is 6.07 Å². The molecule has 1 aliphatic carbocycles. The van der Waals surface area contributed by atoms with Gasteiger partial charge in [0.15, 0.2) is 11.6 Å². The number of pyridine rings is 2. The van der Waals surface area contributed by atoms with Crippen LogP contribution < -0.4 is 22.6 Å². The van der Waals surface area contributed by atoms with E-state index in [0.717, 1.165) is 22.9 Å². The van der Waals surface area contributed by atoms with Crippen LogP contribution in [-0.2, 0) is 19.4 Å². The maximum Gasteiger partial charge on any atom is 0.423 e. The van der Waals surface area contributed by atoms with Gasteiger partial charge in [-0.25, -0.2) is 18.9 Å². The van der Waals surface area contributed by atoms with Crippen molar-refractivity contribution in [2.75, 3.05) is 11.5 Å². The van der Waals surface area contributed by atoms with Crippen LogP contribution in [0.4, 0.5) is 46.6 Å². The monoisotopic (exact) mass is 618 g/mol. The van der Waals surface area contributed by atoms with E-state index in [1.54, 1.807) is 5.10 Å². The van der Waals surface area contributed by atoms with E-state index in [1.807, 2.05) is 0 Å². The second-order valence-corrected chi connectivity index (χ2v) is 9.52. The Morgan fingerprint density at radius 1 is 0.860 bits per heavy atom. The van der Waals surface area contributed by atoms with E-state index in [9.17, 15) is 44.7 Å². The van der Waals surface area contributed by atoms with E-state index in [1.165, 1.54) is 57.8 Å². The predicted octanol–water partition coefficient (Wildman–Crippen LogP) is 6.19. The lowest BCUT2D eigenvalue weighted by Gasteiger charge is -2.12. The minimum atomic E-state index is -4.74. The summed E-state index contributed by atoms with van der Waals surface area (Å²) in [6.07, 6.45) is 1.65. The second-order valence-electron chi connectivity index (χ2n) is 9.52. The molecule has 5 rings (SSSR count). The molecule has 0 aliphatic heterocycles. The van der Waals surface area contributed by atoms with Crippen molar-refractivity contribution in [3.05, 3.63) is 80.1 Å². The number of halogens is 8. The summed E-state index contributed by atoms with van der Waals surface area (Å²) >= 11 is 0. The summed E-state index contributed by atoms with van der Waals surface area (Å²) in [4.78, 5) is 26.0. The molecule has 5 N–H and O–H groups in total. The zero-order valence-electron chi connectivity index (χ0n) is 22.5. The summed E-state index contributed by atoms with van der Waals surface area (Å²) in [7, 11) is 1.38.